The van der Waals surface area contributed by atoms with E-state index in [-0.39, 0.29) is 5.69 Å². The molecule has 4 nitrogen and oxygen atoms in total. The largest absolute Gasteiger partial charge is 0.444 e. The lowest BCUT2D eigenvalue weighted by atomic mass is 10.2. The van der Waals surface area contributed by atoms with E-state index in [4.69, 9.17) is 4.74 Å². The van der Waals surface area contributed by atoms with Crippen LogP contribution in [0.1, 0.15) is 20.8 Å². The van der Waals surface area contributed by atoms with Gasteiger partial charge in [-0.15, -0.1) is 0 Å². The van der Waals surface area contributed by atoms with Gasteiger partial charge in [0.1, 0.15) is 11.4 Å². The van der Waals surface area contributed by atoms with E-state index in [1.54, 1.807) is 20.8 Å². The van der Waals surface area contributed by atoms with Gasteiger partial charge in [0.15, 0.2) is 0 Å². The molecule has 0 aliphatic heterocycles. The molecule has 1 aromatic carbocycles. The van der Waals surface area contributed by atoms with Gasteiger partial charge in [0.25, 0.3) is 6.17 Å². The van der Waals surface area contributed by atoms with Crippen molar-refractivity contribution in [3.63, 3.8) is 0 Å². The zero-order valence-corrected chi connectivity index (χ0v) is 12.9. The zero-order chi connectivity index (χ0) is 18.8. The maximum absolute atomic E-state index is 13.2. The predicted octanol–water partition coefficient (Wildman–Crippen LogP) is 4.91. The van der Waals surface area contributed by atoms with Gasteiger partial charge in [-0.1, -0.05) is 6.07 Å². The van der Waals surface area contributed by atoms with Gasteiger partial charge >= 0.3 is 18.4 Å². The van der Waals surface area contributed by atoms with Crippen molar-refractivity contribution in [2.75, 3.05) is 5.32 Å². The molecule has 0 fully saturated rings. The van der Waals surface area contributed by atoms with Gasteiger partial charge in [-0.2, -0.15) is 22.0 Å². The number of carbonyl (C=O) groups excluding carboxylic acids is 1. The smallest absolute Gasteiger partial charge is 0.439 e. The molecular weight excluding hydrogens is 344 g/mol. The summed E-state index contributed by atoms with van der Waals surface area (Å²) >= 11 is 0. The van der Waals surface area contributed by atoms with Crippen LogP contribution in [0.5, 0.6) is 5.75 Å². The van der Waals surface area contributed by atoms with Crippen molar-refractivity contribution in [3.05, 3.63) is 24.3 Å². The highest BCUT2D eigenvalue weighted by atomic mass is 19.4. The quantitative estimate of drug-likeness (QED) is 0.778. The third-order valence-electron chi connectivity index (χ3n) is 2.32. The molecule has 1 unspecified atom stereocenters. The molecule has 1 aromatic rings. The number of amides is 1. The average Bonchev–Trinajstić information content (AvgIpc) is 2.34. The highest BCUT2D eigenvalue weighted by Crippen LogP contribution is 2.36. The van der Waals surface area contributed by atoms with Gasteiger partial charge in [0, 0.05) is 11.8 Å². The topological polar surface area (TPSA) is 47.6 Å². The van der Waals surface area contributed by atoms with Crippen molar-refractivity contribution in [3.8, 4) is 5.75 Å². The molecule has 0 aliphatic carbocycles. The monoisotopic (exact) mass is 359 g/mol. The van der Waals surface area contributed by atoms with Gasteiger partial charge in [-0.3, -0.25) is 5.32 Å². The van der Waals surface area contributed by atoms with Gasteiger partial charge in [-0.05, 0) is 32.9 Å². The Bertz CT molecular complexity index is 583. The van der Waals surface area contributed by atoms with Gasteiger partial charge < -0.3 is 9.47 Å². The summed E-state index contributed by atoms with van der Waals surface area (Å²) in [5.41, 5.74) is -0.903. The van der Waals surface area contributed by atoms with E-state index < -0.39 is 35.9 Å². The Labute approximate surface area is 133 Å². The normalized spacial score (nSPS) is 14.0. The fourth-order valence-corrected chi connectivity index (χ4v) is 1.46. The van der Waals surface area contributed by atoms with Crippen LogP contribution >= 0.6 is 0 Å². The minimum Gasteiger partial charge on any atom is -0.444 e. The summed E-state index contributed by atoms with van der Waals surface area (Å²) in [6.45, 7) is 4.77. The summed E-state index contributed by atoms with van der Waals surface area (Å²) in [5, 5.41) is 2.18. The minimum atomic E-state index is -5.78. The van der Waals surface area contributed by atoms with E-state index in [1.165, 1.54) is 6.07 Å². The third-order valence-corrected chi connectivity index (χ3v) is 2.32. The number of rotatable bonds is 4. The molecule has 0 heterocycles. The van der Waals surface area contributed by atoms with Crippen LogP contribution in [-0.2, 0) is 4.74 Å². The lowest BCUT2D eigenvalue weighted by Gasteiger charge is -2.23. The molecule has 0 saturated heterocycles. The summed E-state index contributed by atoms with van der Waals surface area (Å²) in [4.78, 5) is 11.5. The molecule has 0 spiro atoms. The lowest BCUT2D eigenvalue weighted by molar-refractivity contribution is -0.304. The van der Waals surface area contributed by atoms with Gasteiger partial charge in [-0.25, -0.2) is 9.18 Å². The summed E-state index contributed by atoms with van der Waals surface area (Å²) < 4.78 is 84.0. The van der Waals surface area contributed by atoms with Crippen molar-refractivity contribution in [1.82, 2.24) is 0 Å². The molecule has 1 atom stereocenters. The lowest BCUT2D eigenvalue weighted by Crippen LogP contribution is -2.45. The highest BCUT2D eigenvalue weighted by Gasteiger charge is 2.59. The number of carbonyl (C=O) groups is 1. The van der Waals surface area contributed by atoms with E-state index in [0.717, 1.165) is 18.2 Å². The molecule has 1 N–H and O–H groups in total. The van der Waals surface area contributed by atoms with Crippen molar-refractivity contribution in [1.29, 1.82) is 0 Å². The summed E-state index contributed by atoms with van der Waals surface area (Å²) in [5.74, 6) is -0.763. The number of hydrogen-bond acceptors (Lipinski definition) is 3. The maximum atomic E-state index is 13.2. The number of nitrogens with one attached hydrogen (secondary N) is 1. The molecule has 136 valence electrons. The van der Waals surface area contributed by atoms with Crippen molar-refractivity contribution >= 4 is 11.8 Å². The van der Waals surface area contributed by atoms with Crippen molar-refractivity contribution < 1.29 is 40.6 Å². The number of anilines is 1. The molecular formula is C14H15F6NO3. The molecule has 0 aliphatic rings. The SMILES string of the molecule is CC(C)(C)OC(=O)Nc1cccc(OC(F)(F)C(F)C(F)(F)F)c1. The maximum Gasteiger partial charge on any atom is 0.439 e. The second kappa shape index (κ2) is 6.78. The predicted molar refractivity (Wildman–Crippen MR) is 72.8 cm³/mol. The van der Waals surface area contributed by atoms with Crippen molar-refractivity contribution in [2.45, 2.75) is 44.8 Å². The number of benzene rings is 1. The zero-order valence-electron chi connectivity index (χ0n) is 12.9. The van der Waals surface area contributed by atoms with E-state index in [9.17, 15) is 31.1 Å². The first kappa shape index (κ1) is 19.9. The van der Waals surface area contributed by atoms with Crippen LogP contribution in [0.25, 0.3) is 0 Å². The Hall–Kier alpha value is -2.13. The Kier molecular flexibility index (Phi) is 5.62. The molecule has 24 heavy (non-hydrogen) atoms. The number of alkyl halides is 6. The van der Waals surface area contributed by atoms with Crippen molar-refractivity contribution in [2.24, 2.45) is 0 Å². The summed E-state index contributed by atoms with van der Waals surface area (Å²) in [7, 11) is 0. The van der Waals surface area contributed by atoms with E-state index >= 15 is 0 Å². The van der Waals surface area contributed by atoms with Crippen LogP contribution in [0, 0.1) is 0 Å². The Morgan fingerprint density at radius 2 is 1.71 bits per heavy atom. The molecule has 0 radical (unpaired) electrons. The number of hydrogen-bond donors (Lipinski definition) is 1. The fourth-order valence-electron chi connectivity index (χ4n) is 1.46. The van der Waals surface area contributed by atoms with E-state index in [1.807, 2.05) is 0 Å². The van der Waals surface area contributed by atoms with Crippen LogP contribution in [-0.4, -0.2) is 30.2 Å². The summed E-state index contributed by atoms with van der Waals surface area (Å²) in [6.07, 6.45) is -16.3. The standard InChI is InChI=1S/C14H15F6NO3/c1-12(2,3)24-11(22)21-8-5-4-6-9(7-8)23-14(19,20)10(15)13(16,17)18/h4-7,10H,1-3H3,(H,21,22). The molecule has 1 amide bonds. The average molecular weight is 359 g/mol. The first-order valence-corrected chi connectivity index (χ1v) is 6.58. The summed E-state index contributed by atoms with van der Waals surface area (Å²) in [6, 6.07) is 4.07. The highest BCUT2D eigenvalue weighted by molar-refractivity contribution is 5.85. The molecule has 0 aromatic heterocycles. The van der Waals surface area contributed by atoms with Crippen LogP contribution in [0.2, 0.25) is 0 Å². The van der Waals surface area contributed by atoms with Crippen LogP contribution in [0.4, 0.5) is 36.8 Å². The Morgan fingerprint density at radius 1 is 1.12 bits per heavy atom. The van der Waals surface area contributed by atoms with Crippen LogP contribution in [0.15, 0.2) is 24.3 Å². The molecule has 1 rings (SSSR count). The molecule has 0 saturated carbocycles. The van der Waals surface area contributed by atoms with E-state index in [0.29, 0.717) is 0 Å². The van der Waals surface area contributed by atoms with Gasteiger partial charge in [0.05, 0.1) is 0 Å². The Morgan fingerprint density at radius 3 is 2.21 bits per heavy atom. The first-order valence-electron chi connectivity index (χ1n) is 6.58. The number of ether oxygens (including phenoxy) is 2. The molecule has 0 bridgehead atoms. The minimum absolute atomic E-state index is 0.0834. The first-order chi connectivity index (χ1) is 10.7. The molecule has 10 heteroatoms. The fraction of sp³-hybridized carbons (Fsp3) is 0.500. The Balaban J connectivity index is 2.84. The second-order valence-corrected chi connectivity index (χ2v) is 5.72. The van der Waals surface area contributed by atoms with Crippen LogP contribution in [0.3, 0.4) is 0 Å². The third kappa shape index (κ3) is 6.17. The number of halogens is 6. The van der Waals surface area contributed by atoms with E-state index in [2.05, 4.69) is 10.1 Å². The van der Waals surface area contributed by atoms with Crippen LogP contribution < -0.4 is 10.1 Å². The van der Waals surface area contributed by atoms with Gasteiger partial charge in [0.2, 0.25) is 0 Å². The second-order valence-electron chi connectivity index (χ2n) is 5.72.